The quantitative estimate of drug-likeness (QED) is 0.464. The number of hydrogen-bond donors (Lipinski definition) is 0. The number of rotatable bonds is 2. The molecule has 0 saturated heterocycles. The summed E-state index contributed by atoms with van der Waals surface area (Å²) in [6.45, 7) is 1.96. The largest absolute Gasteiger partial charge is 0.297 e. The summed E-state index contributed by atoms with van der Waals surface area (Å²) < 4.78 is 0. The van der Waals surface area contributed by atoms with E-state index in [0.29, 0.717) is 6.29 Å². The van der Waals surface area contributed by atoms with Crippen molar-refractivity contribution in [2.24, 2.45) is 4.99 Å². The van der Waals surface area contributed by atoms with Gasteiger partial charge >= 0.3 is 0 Å². The normalized spacial score (nSPS) is 10.3. The molecule has 0 saturated carbocycles. The average molecular weight is 147 g/mol. The molecule has 0 fully saturated rings. The van der Waals surface area contributed by atoms with Crippen molar-refractivity contribution in [2.45, 2.75) is 6.92 Å². The number of para-hydroxylation sites is 1. The predicted molar refractivity (Wildman–Crippen MR) is 45.4 cm³/mol. The highest BCUT2D eigenvalue weighted by atomic mass is 16.1. The van der Waals surface area contributed by atoms with Crippen LogP contribution in [0.3, 0.4) is 0 Å². The number of nitrogens with zero attached hydrogens (tertiary/aromatic N) is 1. The van der Waals surface area contributed by atoms with Crippen LogP contribution in [0.1, 0.15) is 5.56 Å². The highest BCUT2D eigenvalue weighted by Gasteiger charge is 1.89. The molecular weight excluding hydrogens is 138 g/mol. The van der Waals surface area contributed by atoms with Gasteiger partial charge in [-0.1, -0.05) is 18.2 Å². The lowest BCUT2D eigenvalue weighted by atomic mass is 10.2. The SMILES string of the molecule is Cc1ccccc1N=CC=O. The van der Waals surface area contributed by atoms with E-state index in [2.05, 4.69) is 4.99 Å². The summed E-state index contributed by atoms with van der Waals surface area (Å²) in [6.07, 6.45) is 1.93. The molecule has 0 spiro atoms. The van der Waals surface area contributed by atoms with Crippen molar-refractivity contribution >= 4 is 18.2 Å². The Hall–Kier alpha value is -1.44. The van der Waals surface area contributed by atoms with E-state index in [4.69, 9.17) is 0 Å². The molecule has 0 unspecified atom stereocenters. The molecule has 0 aromatic heterocycles. The summed E-state index contributed by atoms with van der Waals surface area (Å²) in [5.41, 5.74) is 1.92. The first-order chi connectivity index (χ1) is 5.34. The van der Waals surface area contributed by atoms with E-state index in [1.54, 1.807) is 0 Å². The van der Waals surface area contributed by atoms with Crippen molar-refractivity contribution in [3.8, 4) is 0 Å². The van der Waals surface area contributed by atoms with Crippen LogP contribution in [0.4, 0.5) is 5.69 Å². The Morgan fingerprint density at radius 2 is 2.09 bits per heavy atom. The first-order valence-electron chi connectivity index (χ1n) is 3.38. The number of hydrogen-bond acceptors (Lipinski definition) is 2. The fourth-order valence-corrected chi connectivity index (χ4v) is 0.819. The molecule has 0 aliphatic rings. The third-order valence-electron chi connectivity index (χ3n) is 1.39. The summed E-state index contributed by atoms with van der Waals surface area (Å²) in [5.74, 6) is 0. The van der Waals surface area contributed by atoms with Crippen molar-refractivity contribution in [2.75, 3.05) is 0 Å². The molecule has 0 amide bonds. The highest BCUT2D eigenvalue weighted by molar-refractivity contribution is 6.13. The van der Waals surface area contributed by atoms with Crippen LogP contribution in [0.15, 0.2) is 29.3 Å². The van der Waals surface area contributed by atoms with E-state index in [1.165, 1.54) is 6.21 Å². The van der Waals surface area contributed by atoms with Crippen LogP contribution in [0, 0.1) is 6.92 Å². The third kappa shape index (κ3) is 2.00. The van der Waals surface area contributed by atoms with Crippen LogP contribution >= 0.6 is 0 Å². The van der Waals surface area contributed by atoms with Crippen molar-refractivity contribution < 1.29 is 4.79 Å². The minimum absolute atomic E-state index is 0.673. The number of aldehydes is 1. The molecule has 56 valence electrons. The number of aliphatic imine (C=N–C) groups is 1. The van der Waals surface area contributed by atoms with Crippen molar-refractivity contribution in [1.82, 2.24) is 0 Å². The molecule has 0 bridgehead atoms. The Labute approximate surface area is 65.6 Å². The van der Waals surface area contributed by atoms with E-state index < -0.39 is 0 Å². The van der Waals surface area contributed by atoms with Crippen LogP contribution in [-0.2, 0) is 4.79 Å². The number of aryl methyl sites for hydroxylation is 1. The first-order valence-corrected chi connectivity index (χ1v) is 3.38. The van der Waals surface area contributed by atoms with Gasteiger partial charge in [0.05, 0.1) is 11.9 Å². The van der Waals surface area contributed by atoms with Gasteiger partial charge in [0.25, 0.3) is 0 Å². The van der Waals surface area contributed by atoms with Crippen LogP contribution in [-0.4, -0.2) is 12.5 Å². The van der Waals surface area contributed by atoms with Gasteiger partial charge in [0, 0.05) is 0 Å². The van der Waals surface area contributed by atoms with Gasteiger partial charge < -0.3 is 0 Å². The van der Waals surface area contributed by atoms with Gasteiger partial charge in [-0.2, -0.15) is 0 Å². The average Bonchev–Trinajstić information content (AvgIpc) is 2.03. The maximum Gasteiger partial charge on any atom is 0.161 e. The fourth-order valence-electron chi connectivity index (χ4n) is 0.819. The molecule has 2 nitrogen and oxygen atoms in total. The minimum Gasteiger partial charge on any atom is -0.297 e. The molecule has 0 radical (unpaired) electrons. The maximum atomic E-state index is 9.94. The molecule has 11 heavy (non-hydrogen) atoms. The monoisotopic (exact) mass is 147 g/mol. The zero-order chi connectivity index (χ0) is 8.10. The zero-order valence-corrected chi connectivity index (χ0v) is 6.32. The molecule has 1 aromatic carbocycles. The molecule has 0 atom stereocenters. The summed E-state index contributed by atoms with van der Waals surface area (Å²) >= 11 is 0. The zero-order valence-electron chi connectivity index (χ0n) is 6.32. The van der Waals surface area contributed by atoms with Crippen molar-refractivity contribution in [1.29, 1.82) is 0 Å². The van der Waals surface area contributed by atoms with Crippen LogP contribution in [0.25, 0.3) is 0 Å². The number of carbonyl (C=O) groups is 1. The fraction of sp³-hybridized carbons (Fsp3) is 0.111. The lowest BCUT2D eigenvalue weighted by Crippen LogP contribution is -1.75. The number of carbonyl (C=O) groups excluding carboxylic acids is 1. The molecule has 0 aliphatic carbocycles. The van der Waals surface area contributed by atoms with Crippen LogP contribution < -0.4 is 0 Å². The van der Waals surface area contributed by atoms with Gasteiger partial charge in [-0.05, 0) is 18.6 Å². The van der Waals surface area contributed by atoms with Crippen molar-refractivity contribution in [3.63, 3.8) is 0 Å². The summed E-state index contributed by atoms with van der Waals surface area (Å²) in [7, 11) is 0. The molecule has 0 heterocycles. The Kier molecular flexibility index (Phi) is 2.55. The second kappa shape index (κ2) is 3.66. The Morgan fingerprint density at radius 3 is 2.73 bits per heavy atom. The lowest BCUT2D eigenvalue weighted by Gasteiger charge is -1.95. The molecule has 0 N–H and O–H groups in total. The molecule has 1 aromatic rings. The van der Waals surface area contributed by atoms with Gasteiger partial charge in [-0.25, -0.2) is 0 Å². The van der Waals surface area contributed by atoms with Gasteiger partial charge in [-0.15, -0.1) is 0 Å². The molecule has 1 rings (SSSR count). The topological polar surface area (TPSA) is 29.4 Å². The second-order valence-electron chi connectivity index (χ2n) is 2.20. The second-order valence-corrected chi connectivity index (χ2v) is 2.20. The van der Waals surface area contributed by atoms with E-state index in [9.17, 15) is 4.79 Å². The van der Waals surface area contributed by atoms with Crippen LogP contribution in [0.5, 0.6) is 0 Å². The molecular formula is C9H9NO. The third-order valence-corrected chi connectivity index (χ3v) is 1.39. The summed E-state index contributed by atoms with van der Waals surface area (Å²) in [4.78, 5) is 13.9. The Morgan fingerprint density at radius 1 is 1.36 bits per heavy atom. The highest BCUT2D eigenvalue weighted by Crippen LogP contribution is 2.15. The summed E-state index contributed by atoms with van der Waals surface area (Å²) in [5, 5.41) is 0. The maximum absolute atomic E-state index is 9.94. The van der Waals surface area contributed by atoms with E-state index in [1.807, 2.05) is 31.2 Å². The van der Waals surface area contributed by atoms with Crippen molar-refractivity contribution in [3.05, 3.63) is 29.8 Å². The predicted octanol–water partition coefficient (Wildman–Crippen LogP) is 1.90. The molecule has 2 heteroatoms. The van der Waals surface area contributed by atoms with E-state index in [-0.39, 0.29) is 0 Å². The standard InChI is InChI=1S/C9H9NO/c1-8-4-2-3-5-9(8)10-6-7-11/h2-7H,1H3. The van der Waals surface area contributed by atoms with Gasteiger partial charge in [-0.3, -0.25) is 9.79 Å². The summed E-state index contributed by atoms with van der Waals surface area (Å²) in [6, 6.07) is 7.66. The smallest absolute Gasteiger partial charge is 0.161 e. The van der Waals surface area contributed by atoms with Gasteiger partial charge in [0.1, 0.15) is 0 Å². The van der Waals surface area contributed by atoms with Crippen LogP contribution in [0.2, 0.25) is 0 Å². The Balaban J connectivity index is 2.94. The first kappa shape index (κ1) is 7.66. The van der Waals surface area contributed by atoms with E-state index in [0.717, 1.165) is 11.3 Å². The molecule has 0 aliphatic heterocycles. The van der Waals surface area contributed by atoms with Gasteiger partial charge in [0.2, 0.25) is 0 Å². The Bertz CT molecular complexity index is 279. The van der Waals surface area contributed by atoms with E-state index >= 15 is 0 Å². The van der Waals surface area contributed by atoms with Gasteiger partial charge in [0.15, 0.2) is 6.29 Å². The minimum atomic E-state index is 0.673. The number of benzene rings is 1. The lowest BCUT2D eigenvalue weighted by molar-refractivity contribution is -0.102.